The maximum Gasteiger partial charge on any atom is 0.472 e. The summed E-state index contributed by atoms with van der Waals surface area (Å²) in [7, 11) is 1.47. The SMILES string of the molecule is CC/C=C\C/C=C\C/C=C\C/C=C\C/C=C\C/C=C\C/C=C\C/C=C\CCCCCCCCCCC(=O)OC(COC(=O)CCCCCCCCCCCCCCCCCCCCCC)COP(=O)(O)OCC[N+](C)(C)C. The first kappa shape index (κ1) is 73.9. The zero-order chi connectivity index (χ0) is 56.3. The first-order chi connectivity index (χ1) is 37.5. The Morgan fingerprint density at radius 1 is 0.416 bits per heavy atom. The van der Waals surface area contributed by atoms with Crippen LogP contribution in [-0.4, -0.2) is 74.9 Å². The summed E-state index contributed by atoms with van der Waals surface area (Å²) in [6.07, 6.45) is 79.1. The van der Waals surface area contributed by atoms with Gasteiger partial charge in [0.15, 0.2) is 6.10 Å². The minimum atomic E-state index is -4.39. The van der Waals surface area contributed by atoms with Gasteiger partial charge in [-0.15, -0.1) is 0 Å². The Labute approximate surface area is 474 Å². The van der Waals surface area contributed by atoms with E-state index in [-0.39, 0.29) is 32.0 Å². The quantitative estimate of drug-likeness (QED) is 0.0211. The number of hydrogen-bond donors (Lipinski definition) is 1. The fourth-order valence-electron chi connectivity index (χ4n) is 8.56. The number of allylic oxidation sites excluding steroid dienone is 16. The minimum Gasteiger partial charge on any atom is -0.462 e. The van der Waals surface area contributed by atoms with E-state index in [1.54, 1.807) is 0 Å². The number of quaternary nitrogens is 1. The number of rotatable bonds is 57. The van der Waals surface area contributed by atoms with Crippen LogP contribution in [0.5, 0.6) is 0 Å². The van der Waals surface area contributed by atoms with E-state index >= 15 is 0 Å². The molecule has 0 aliphatic rings. The smallest absolute Gasteiger partial charge is 0.462 e. The van der Waals surface area contributed by atoms with E-state index < -0.39 is 26.5 Å². The number of unbranched alkanes of at least 4 members (excludes halogenated alkanes) is 27. The van der Waals surface area contributed by atoms with Gasteiger partial charge in [-0.05, 0) is 77.0 Å². The van der Waals surface area contributed by atoms with Gasteiger partial charge < -0.3 is 18.9 Å². The van der Waals surface area contributed by atoms with E-state index in [2.05, 4.69) is 111 Å². The van der Waals surface area contributed by atoms with Crippen LogP contribution in [0.4, 0.5) is 0 Å². The summed E-state index contributed by atoms with van der Waals surface area (Å²) < 4.78 is 34.6. The molecule has 0 fully saturated rings. The van der Waals surface area contributed by atoms with Gasteiger partial charge in [-0.3, -0.25) is 18.6 Å². The Hall–Kier alpha value is -3.07. The summed E-state index contributed by atoms with van der Waals surface area (Å²) in [5.41, 5.74) is 0. The topological polar surface area (TPSA) is 108 Å². The lowest BCUT2D eigenvalue weighted by Gasteiger charge is -2.24. The molecule has 9 nitrogen and oxygen atoms in total. The number of hydrogen-bond acceptors (Lipinski definition) is 7. The molecule has 0 heterocycles. The summed E-state index contributed by atoms with van der Waals surface area (Å²) >= 11 is 0. The van der Waals surface area contributed by atoms with E-state index in [0.29, 0.717) is 17.4 Å². The molecule has 0 saturated heterocycles. The van der Waals surface area contributed by atoms with Crippen molar-refractivity contribution in [3.8, 4) is 0 Å². The van der Waals surface area contributed by atoms with E-state index in [1.807, 2.05) is 21.1 Å². The number of nitrogens with zero attached hydrogens (tertiary/aromatic N) is 1. The van der Waals surface area contributed by atoms with E-state index in [9.17, 15) is 19.0 Å². The summed E-state index contributed by atoms with van der Waals surface area (Å²) in [6, 6.07) is 0. The van der Waals surface area contributed by atoms with Gasteiger partial charge in [-0.1, -0.05) is 272 Å². The molecule has 0 bridgehead atoms. The van der Waals surface area contributed by atoms with Gasteiger partial charge in [-0.2, -0.15) is 0 Å². The van der Waals surface area contributed by atoms with Crippen LogP contribution in [0.3, 0.4) is 0 Å². The van der Waals surface area contributed by atoms with Crippen LogP contribution in [0.25, 0.3) is 0 Å². The van der Waals surface area contributed by atoms with Crippen molar-refractivity contribution in [1.29, 1.82) is 0 Å². The van der Waals surface area contributed by atoms with E-state index in [1.165, 1.54) is 135 Å². The van der Waals surface area contributed by atoms with Gasteiger partial charge in [0, 0.05) is 12.8 Å². The van der Waals surface area contributed by atoms with Crippen molar-refractivity contribution in [2.45, 2.75) is 270 Å². The predicted octanol–water partition coefficient (Wildman–Crippen LogP) is 20.0. The van der Waals surface area contributed by atoms with Crippen molar-refractivity contribution in [1.82, 2.24) is 0 Å². The second kappa shape index (κ2) is 57.6. The average molecular weight is 1100 g/mol. The molecule has 2 atom stereocenters. The third kappa shape index (κ3) is 62.0. The number of carbonyl (C=O) groups is 2. The lowest BCUT2D eigenvalue weighted by molar-refractivity contribution is -0.870. The van der Waals surface area contributed by atoms with Crippen LogP contribution in [0.1, 0.15) is 264 Å². The van der Waals surface area contributed by atoms with Crippen LogP contribution in [0.2, 0.25) is 0 Å². The van der Waals surface area contributed by atoms with Gasteiger partial charge in [-0.25, -0.2) is 4.57 Å². The highest BCUT2D eigenvalue weighted by Gasteiger charge is 2.27. The molecule has 0 saturated carbocycles. The first-order valence-electron chi connectivity index (χ1n) is 31.5. The van der Waals surface area contributed by atoms with Gasteiger partial charge in [0.25, 0.3) is 0 Å². The third-order valence-corrected chi connectivity index (χ3v) is 14.4. The standard InChI is InChI=1S/C67H118NO8P/c1-6-8-10-12-14-16-18-20-22-24-26-28-29-30-31-32-33-34-35-36-37-38-39-40-42-44-46-48-50-52-54-56-58-60-67(70)76-65(64-75-77(71,72)74-62-61-68(3,4)5)63-73-66(69)59-57-55-53-51-49-47-45-43-41-27-25-23-21-19-17-15-13-11-9-7-2/h8,10,14,16,20,22,26,28,30-31,33-34,36-37,39-40,65H,6-7,9,11-13,15,17-19,21,23-25,27,29,32,35,38,41-64H2,1-5H3/p+1/b10-8-,16-14-,22-20-,28-26-,31-30-,34-33-,37-36-,40-39-. The molecule has 0 aliphatic carbocycles. The Balaban J connectivity index is 4.15. The summed E-state index contributed by atoms with van der Waals surface area (Å²) in [4.78, 5) is 35.8. The van der Waals surface area contributed by atoms with Crippen LogP contribution < -0.4 is 0 Å². The minimum absolute atomic E-state index is 0.0271. The Kier molecular flexibility index (Phi) is 55.3. The van der Waals surface area contributed by atoms with Gasteiger partial charge in [0.2, 0.25) is 0 Å². The number of ether oxygens (including phenoxy) is 2. The molecule has 0 amide bonds. The van der Waals surface area contributed by atoms with Gasteiger partial charge in [0.05, 0.1) is 27.7 Å². The first-order valence-corrected chi connectivity index (χ1v) is 33.0. The number of phosphoric ester groups is 1. The van der Waals surface area contributed by atoms with Crippen LogP contribution >= 0.6 is 7.82 Å². The molecule has 0 rings (SSSR count). The molecule has 2 unspecified atom stereocenters. The highest BCUT2D eigenvalue weighted by Crippen LogP contribution is 2.43. The molecule has 0 aromatic heterocycles. The highest BCUT2D eigenvalue weighted by molar-refractivity contribution is 7.47. The maximum atomic E-state index is 12.8. The van der Waals surface area contributed by atoms with E-state index in [0.717, 1.165) is 96.3 Å². The maximum absolute atomic E-state index is 12.8. The lowest BCUT2D eigenvalue weighted by atomic mass is 10.0. The van der Waals surface area contributed by atoms with Crippen LogP contribution in [0, 0.1) is 0 Å². The Bertz CT molecular complexity index is 1620. The fourth-order valence-corrected chi connectivity index (χ4v) is 9.30. The zero-order valence-corrected chi connectivity index (χ0v) is 51.3. The highest BCUT2D eigenvalue weighted by atomic mass is 31.2. The van der Waals surface area contributed by atoms with Crippen LogP contribution in [-0.2, 0) is 32.7 Å². The molecule has 0 spiro atoms. The number of carbonyl (C=O) groups excluding carboxylic acids is 2. The van der Waals surface area contributed by atoms with Crippen molar-refractivity contribution >= 4 is 19.8 Å². The second-order valence-electron chi connectivity index (χ2n) is 22.1. The molecule has 10 heteroatoms. The fraction of sp³-hybridized carbons (Fsp3) is 0.731. The number of phosphoric acid groups is 1. The molecule has 0 aliphatic heterocycles. The predicted molar refractivity (Wildman–Crippen MR) is 330 cm³/mol. The third-order valence-electron chi connectivity index (χ3n) is 13.4. The summed E-state index contributed by atoms with van der Waals surface area (Å²) in [6.45, 7) is 4.33. The molecular formula is C67H119NO8P+. The summed E-state index contributed by atoms with van der Waals surface area (Å²) in [5, 5.41) is 0. The molecule has 77 heavy (non-hydrogen) atoms. The molecule has 0 aromatic rings. The molecule has 1 N–H and O–H groups in total. The van der Waals surface area contributed by atoms with E-state index in [4.69, 9.17) is 18.5 Å². The zero-order valence-electron chi connectivity index (χ0n) is 50.4. The monoisotopic (exact) mass is 1100 g/mol. The Morgan fingerprint density at radius 3 is 1.10 bits per heavy atom. The van der Waals surface area contributed by atoms with Crippen molar-refractivity contribution in [3.05, 3.63) is 97.2 Å². The second-order valence-corrected chi connectivity index (χ2v) is 23.5. The summed E-state index contributed by atoms with van der Waals surface area (Å²) in [5.74, 6) is -0.802. The number of esters is 2. The molecule has 0 radical (unpaired) electrons. The van der Waals surface area contributed by atoms with Crippen molar-refractivity contribution in [3.63, 3.8) is 0 Å². The molecule has 444 valence electrons. The van der Waals surface area contributed by atoms with Gasteiger partial charge >= 0.3 is 19.8 Å². The van der Waals surface area contributed by atoms with Crippen molar-refractivity contribution in [2.24, 2.45) is 0 Å². The average Bonchev–Trinajstić information content (AvgIpc) is 3.39. The van der Waals surface area contributed by atoms with Crippen molar-refractivity contribution < 1.29 is 42.1 Å². The number of likely N-dealkylation sites (N-methyl/N-ethyl adjacent to an activating group) is 1. The largest absolute Gasteiger partial charge is 0.472 e. The van der Waals surface area contributed by atoms with Crippen LogP contribution in [0.15, 0.2) is 97.2 Å². The van der Waals surface area contributed by atoms with Gasteiger partial charge in [0.1, 0.15) is 19.8 Å². The lowest BCUT2D eigenvalue weighted by Crippen LogP contribution is -2.37. The Morgan fingerprint density at radius 2 is 0.740 bits per heavy atom. The normalized spacial score (nSPS) is 13.9. The van der Waals surface area contributed by atoms with Crippen molar-refractivity contribution in [2.75, 3.05) is 47.5 Å². The molecule has 0 aromatic carbocycles. The molecular weight excluding hydrogens is 978 g/mol.